The van der Waals surface area contributed by atoms with Gasteiger partial charge in [-0.3, -0.25) is 14.5 Å². The van der Waals surface area contributed by atoms with Crippen molar-refractivity contribution in [2.75, 3.05) is 4.90 Å². The van der Waals surface area contributed by atoms with Gasteiger partial charge in [-0.1, -0.05) is 89.7 Å². The molecule has 0 spiro atoms. The van der Waals surface area contributed by atoms with Crippen LogP contribution in [-0.4, -0.2) is 35.1 Å². The molecule has 1 saturated heterocycles. The van der Waals surface area contributed by atoms with E-state index in [4.69, 9.17) is 23.2 Å². The van der Waals surface area contributed by atoms with Crippen LogP contribution in [0.5, 0.6) is 0 Å². The van der Waals surface area contributed by atoms with E-state index < -0.39 is 35.6 Å². The van der Waals surface area contributed by atoms with Crippen molar-refractivity contribution in [2.24, 2.45) is 5.41 Å². The van der Waals surface area contributed by atoms with Gasteiger partial charge >= 0.3 is 12.1 Å². The first-order valence-electron chi connectivity index (χ1n) is 10.4. The van der Waals surface area contributed by atoms with Crippen LogP contribution in [0.1, 0.15) is 38.8 Å². The molecule has 0 aromatic heterocycles. The number of rotatable bonds is 2. The summed E-state index contributed by atoms with van der Waals surface area (Å²) in [6.07, 6.45) is -6.22. The zero-order valence-corrected chi connectivity index (χ0v) is 22.5. The Labute approximate surface area is 216 Å². The summed E-state index contributed by atoms with van der Waals surface area (Å²) in [5.41, 5.74) is 2.04. The number of hydrogen-bond donors (Lipinski definition) is 0. The van der Waals surface area contributed by atoms with Crippen molar-refractivity contribution in [1.29, 1.82) is 0 Å². The molecule has 34 heavy (non-hydrogen) atoms. The molecule has 2 atom stereocenters. The molecule has 4 nitrogen and oxygen atoms in total. The summed E-state index contributed by atoms with van der Waals surface area (Å²) in [4.78, 5) is 26.4. The molecule has 0 N–H and O–H groups in total. The van der Waals surface area contributed by atoms with E-state index in [1.54, 1.807) is 20.8 Å². The summed E-state index contributed by atoms with van der Waals surface area (Å²) >= 11 is 15.3. The largest absolute Gasteiger partial charge is 0.471 e. The Morgan fingerprint density at radius 1 is 1.03 bits per heavy atom. The molecule has 1 aliphatic rings. The number of benzene rings is 2. The smallest absolute Gasteiger partial charge is 0.302 e. The summed E-state index contributed by atoms with van der Waals surface area (Å²) in [5.74, 6) is -2.68. The molecular formula is C24H26BrCl2F3N2O2. The second kappa shape index (κ2) is 10.9. The number of carbonyl (C=O) groups excluding carboxylic acids is 2. The van der Waals surface area contributed by atoms with Gasteiger partial charge in [0.2, 0.25) is 0 Å². The summed E-state index contributed by atoms with van der Waals surface area (Å²) in [7, 11) is 0. The quantitative estimate of drug-likeness (QED) is 0.347. The molecule has 10 heteroatoms. The van der Waals surface area contributed by atoms with E-state index in [-0.39, 0.29) is 15.7 Å². The number of amides is 2. The van der Waals surface area contributed by atoms with E-state index in [2.05, 4.69) is 47.1 Å². The van der Waals surface area contributed by atoms with Gasteiger partial charge in [-0.25, -0.2) is 0 Å². The molecule has 0 aliphatic carbocycles. The molecule has 1 heterocycles. The van der Waals surface area contributed by atoms with E-state index in [0.717, 1.165) is 10.2 Å². The fourth-order valence-corrected chi connectivity index (χ4v) is 4.53. The van der Waals surface area contributed by atoms with E-state index in [1.807, 2.05) is 0 Å². The Balaban J connectivity index is 0.000000379. The maximum absolute atomic E-state index is 13.1. The Morgan fingerprint density at radius 3 is 1.94 bits per heavy atom. The van der Waals surface area contributed by atoms with Crippen LogP contribution in [-0.2, 0) is 14.9 Å². The number of anilines is 1. The Morgan fingerprint density at radius 2 is 1.53 bits per heavy atom. The van der Waals surface area contributed by atoms with Gasteiger partial charge in [-0.15, -0.1) is 0 Å². The highest BCUT2D eigenvalue weighted by atomic mass is 79.9. The van der Waals surface area contributed by atoms with Gasteiger partial charge in [0.25, 0.3) is 5.91 Å². The molecule has 1 fully saturated rings. The lowest BCUT2D eigenvalue weighted by Gasteiger charge is -2.40. The summed E-state index contributed by atoms with van der Waals surface area (Å²) < 4.78 is 39.2. The molecular weight excluding hydrogens is 556 g/mol. The summed E-state index contributed by atoms with van der Waals surface area (Å²) in [6.45, 7) is 8.32. The zero-order chi connectivity index (χ0) is 26.0. The standard InChI is InChI=1S/C16H17Cl2F3N2O2.C8H9Br/c1-8-12(24)23(11-6-9(17)5-10(18)7-11)13(15(2,3)4)22(8)14(25)16(19,20)21;1-7-2-4-8(6-9)5-3-7/h5-8,13H,1-4H3;2-5H,6H2,1H3/t8-,13+;/m1./s1. The van der Waals surface area contributed by atoms with Crippen molar-refractivity contribution in [2.45, 2.75) is 58.3 Å². The topological polar surface area (TPSA) is 40.6 Å². The monoisotopic (exact) mass is 580 g/mol. The van der Waals surface area contributed by atoms with Crippen LogP contribution >= 0.6 is 39.1 Å². The third-order valence-corrected chi connectivity index (χ3v) is 6.26. The molecule has 186 valence electrons. The highest BCUT2D eigenvalue weighted by molar-refractivity contribution is 9.08. The minimum atomic E-state index is -5.08. The maximum atomic E-state index is 13.1. The van der Waals surface area contributed by atoms with Gasteiger partial charge in [-0.05, 0) is 37.6 Å². The van der Waals surface area contributed by atoms with Crippen molar-refractivity contribution in [3.05, 3.63) is 63.6 Å². The number of halogens is 6. The van der Waals surface area contributed by atoms with Crippen molar-refractivity contribution in [3.8, 4) is 0 Å². The average Bonchev–Trinajstić information content (AvgIpc) is 2.98. The summed E-state index contributed by atoms with van der Waals surface area (Å²) in [5, 5.41) is 1.42. The van der Waals surface area contributed by atoms with Gasteiger partial charge in [0, 0.05) is 26.5 Å². The normalized spacial score (nSPS) is 18.6. The van der Waals surface area contributed by atoms with E-state index in [9.17, 15) is 22.8 Å². The van der Waals surface area contributed by atoms with Crippen molar-refractivity contribution in [3.63, 3.8) is 0 Å². The fraction of sp³-hybridized carbons (Fsp3) is 0.417. The van der Waals surface area contributed by atoms with Crippen LogP contribution in [0.25, 0.3) is 0 Å². The van der Waals surface area contributed by atoms with Crippen LogP contribution in [0.15, 0.2) is 42.5 Å². The first kappa shape index (κ1) is 28.5. The number of nitrogens with zero attached hydrogens (tertiary/aromatic N) is 2. The number of hydrogen-bond acceptors (Lipinski definition) is 2. The molecule has 0 bridgehead atoms. The molecule has 0 unspecified atom stereocenters. The predicted octanol–water partition coefficient (Wildman–Crippen LogP) is 7.38. The van der Waals surface area contributed by atoms with Crippen LogP contribution < -0.4 is 4.90 Å². The van der Waals surface area contributed by atoms with Gasteiger partial charge < -0.3 is 4.90 Å². The van der Waals surface area contributed by atoms with Crippen molar-refractivity contribution in [1.82, 2.24) is 4.90 Å². The van der Waals surface area contributed by atoms with E-state index in [1.165, 1.54) is 36.2 Å². The molecule has 2 amide bonds. The van der Waals surface area contributed by atoms with Crippen molar-refractivity contribution < 1.29 is 22.8 Å². The lowest BCUT2D eigenvalue weighted by Crippen LogP contribution is -2.55. The highest BCUT2D eigenvalue weighted by Crippen LogP contribution is 2.41. The Bertz CT molecular complexity index is 1020. The third-order valence-electron chi connectivity index (χ3n) is 5.17. The Hall–Kier alpha value is -1.77. The van der Waals surface area contributed by atoms with Gasteiger partial charge in [0.15, 0.2) is 0 Å². The lowest BCUT2D eigenvalue weighted by molar-refractivity contribution is -0.190. The van der Waals surface area contributed by atoms with Gasteiger partial charge in [-0.2, -0.15) is 13.2 Å². The SMILES string of the molecule is C[C@@H]1C(=O)N(c2cc(Cl)cc(Cl)c2)[C@@H](C(C)(C)C)N1C(=O)C(F)(F)F.Cc1ccc(CBr)cc1. The minimum absolute atomic E-state index is 0.233. The highest BCUT2D eigenvalue weighted by Gasteiger charge is 2.57. The third kappa shape index (κ3) is 6.67. The van der Waals surface area contributed by atoms with Crippen LogP contribution in [0, 0.1) is 12.3 Å². The zero-order valence-electron chi connectivity index (χ0n) is 19.4. The Kier molecular flexibility index (Phi) is 9.10. The van der Waals surface area contributed by atoms with Crippen molar-refractivity contribution >= 4 is 56.6 Å². The lowest BCUT2D eigenvalue weighted by atomic mass is 9.90. The number of aryl methyl sites for hydroxylation is 1. The van der Waals surface area contributed by atoms with Crippen LogP contribution in [0.4, 0.5) is 18.9 Å². The predicted molar refractivity (Wildman–Crippen MR) is 133 cm³/mol. The molecule has 0 saturated carbocycles. The second-order valence-corrected chi connectivity index (χ2v) is 10.5. The minimum Gasteiger partial charge on any atom is -0.302 e. The number of alkyl halides is 4. The molecule has 2 aromatic rings. The molecule has 1 aliphatic heterocycles. The number of carbonyl (C=O) groups is 2. The molecule has 2 aromatic carbocycles. The van der Waals surface area contributed by atoms with E-state index >= 15 is 0 Å². The van der Waals surface area contributed by atoms with Gasteiger partial charge in [0.05, 0.1) is 0 Å². The van der Waals surface area contributed by atoms with E-state index in [0.29, 0.717) is 4.90 Å². The first-order chi connectivity index (χ1) is 15.6. The maximum Gasteiger partial charge on any atom is 0.471 e. The molecule has 0 radical (unpaired) electrons. The first-order valence-corrected chi connectivity index (χ1v) is 12.3. The fourth-order valence-electron chi connectivity index (χ4n) is 3.64. The summed E-state index contributed by atoms with van der Waals surface area (Å²) in [6, 6.07) is 11.5. The van der Waals surface area contributed by atoms with Gasteiger partial charge in [0.1, 0.15) is 12.2 Å². The second-order valence-electron chi connectivity index (χ2n) is 9.08. The van der Waals surface area contributed by atoms with Crippen LogP contribution in [0.2, 0.25) is 10.0 Å². The van der Waals surface area contributed by atoms with Crippen LogP contribution in [0.3, 0.4) is 0 Å². The molecule has 3 rings (SSSR count). The average molecular weight is 582 g/mol.